The molecule has 1 amide bonds. The lowest BCUT2D eigenvalue weighted by Gasteiger charge is -2.25. The van der Waals surface area contributed by atoms with Gasteiger partial charge in [-0.15, -0.1) is 0 Å². The average molecular weight is 447 g/mol. The Labute approximate surface area is 188 Å². The maximum Gasteiger partial charge on any atom is 0.330 e. The Morgan fingerprint density at radius 1 is 1.22 bits per heavy atom. The van der Waals surface area contributed by atoms with E-state index in [2.05, 4.69) is 4.98 Å². The monoisotopic (exact) mass is 446 g/mol. The summed E-state index contributed by atoms with van der Waals surface area (Å²) in [5.74, 6) is 0.487. The van der Waals surface area contributed by atoms with Crippen LogP contribution in [0.25, 0.3) is 0 Å². The third-order valence-corrected chi connectivity index (χ3v) is 4.97. The van der Waals surface area contributed by atoms with Gasteiger partial charge in [0.25, 0.3) is 5.56 Å². The summed E-state index contributed by atoms with van der Waals surface area (Å²) in [4.78, 5) is 41.6. The molecule has 0 atom stereocenters. The lowest BCUT2D eigenvalue weighted by molar-refractivity contribution is -0.119. The van der Waals surface area contributed by atoms with Gasteiger partial charge in [0.15, 0.2) is 5.69 Å². The molecule has 0 saturated carbocycles. The van der Waals surface area contributed by atoms with Crippen LogP contribution in [0.3, 0.4) is 0 Å². The number of benzene rings is 1. The van der Waals surface area contributed by atoms with Gasteiger partial charge >= 0.3 is 5.69 Å². The summed E-state index contributed by atoms with van der Waals surface area (Å²) in [6.07, 6.45) is 0.546. The van der Waals surface area contributed by atoms with Crippen molar-refractivity contribution in [3.8, 4) is 5.75 Å². The second kappa shape index (κ2) is 11.5. The second-order valence-electron chi connectivity index (χ2n) is 8.26. The fourth-order valence-electron chi connectivity index (χ4n) is 3.46. The van der Waals surface area contributed by atoms with Crippen LogP contribution in [0.2, 0.25) is 0 Å². The van der Waals surface area contributed by atoms with Crippen molar-refractivity contribution in [2.24, 2.45) is 5.92 Å². The number of ether oxygens (including phenoxy) is 2. The van der Waals surface area contributed by atoms with E-state index in [9.17, 15) is 14.4 Å². The topological polar surface area (TPSA) is 120 Å². The highest BCUT2D eigenvalue weighted by Gasteiger charge is 2.24. The SMILES string of the molecule is COCCCN(C(=O)CCOc1ccc(C)cc1C)c1c(N)n(CC(C)C)c(=O)[nH]c1=O. The Hall–Kier alpha value is -3.07. The van der Waals surface area contributed by atoms with Crippen LogP contribution in [0.1, 0.15) is 37.8 Å². The minimum Gasteiger partial charge on any atom is -0.493 e. The normalized spacial score (nSPS) is 11.1. The summed E-state index contributed by atoms with van der Waals surface area (Å²) in [5.41, 5.74) is 7.03. The number of aromatic amines is 1. The lowest BCUT2D eigenvalue weighted by atomic mass is 10.1. The number of amides is 1. The standard InChI is InChI=1S/C23H34N4O5/c1-15(2)14-27-21(24)20(22(29)25-23(27)30)26(10-6-11-31-5)19(28)9-12-32-18-8-7-16(3)13-17(18)4/h7-8,13,15H,6,9-12,14,24H2,1-5H3,(H,25,29,30). The van der Waals surface area contributed by atoms with Gasteiger partial charge in [0.05, 0.1) is 13.0 Å². The zero-order valence-corrected chi connectivity index (χ0v) is 19.6. The molecule has 9 heteroatoms. The van der Waals surface area contributed by atoms with Crippen LogP contribution in [-0.4, -0.2) is 42.3 Å². The lowest BCUT2D eigenvalue weighted by Crippen LogP contribution is -2.42. The minimum absolute atomic E-state index is 0.0159. The number of nitrogens with zero attached hydrogens (tertiary/aromatic N) is 2. The third kappa shape index (κ3) is 6.46. The molecule has 0 radical (unpaired) electrons. The molecule has 0 aliphatic rings. The van der Waals surface area contributed by atoms with Crippen LogP contribution < -0.4 is 26.6 Å². The predicted molar refractivity (Wildman–Crippen MR) is 125 cm³/mol. The van der Waals surface area contributed by atoms with Gasteiger partial charge in [-0.1, -0.05) is 31.5 Å². The number of H-pyrrole nitrogens is 1. The molecule has 3 N–H and O–H groups in total. The first kappa shape index (κ1) is 25.2. The predicted octanol–water partition coefficient (Wildman–Crippen LogP) is 2.23. The molecular weight excluding hydrogens is 412 g/mol. The zero-order chi connectivity index (χ0) is 23.8. The molecular formula is C23H34N4O5. The van der Waals surface area contributed by atoms with Gasteiger partial charge in [-0.25, -0.2) is 4.79 Å². The molecule has 0 bridgehead atoms. The summed E-state index contributed by atoms with van der Waals surface area (Å²) in [5, 5.41) is 0. The third-order valence-electron chi connectivity index (χ3n) is 4.97. The summed E-state index contributed by atoms with van der Waals surface area (Å²) in [6, 6.07) is 5.82. The van der Waals surface area contributed by atoms with Gasteiger partial charge in [-0.3, -0.25) is 19.1 Å². The molecule has 0 saturated heterocycles. The molecule has 0 aliphatic heterocycles. The highest BCUT2D eigenvalue weighted by Crippen LogP contribution is 2.21. The van der Waals surface area contributed by atoms with E-state index in [0.29, 0.717) is 25.3 Å². The number of nitrogens with one attached hydrogen (secondary N) is 1. The maximum atomic E-state index is 13.1. The highest BCUT2D eigenvalue weighted by atomic mass is 16.5. The number of aromatic nitrogens is 2. The molecule has 1 aromatic carbocycles. The molecule has 2 aromatic rings. The van der Waals surface area contributed by atoms with Crippen molar-refractivity contribution in [1.29, 1.82) is 0 Å². The first-order chi connectivity index (χ1) is 15.1. The number of methoxy groups -OCH3 is 1. The van der Waals surface area contributed by atoms with Crippen molar-refractivity contribution < 1.29 is 14.3 Å². The molecule has 2 rings (SSSR count). The van der Waals surface area contributed by atoms with Crippen LogP contribution in [0.4, 0.5) is 11.5 Å². The van der Waals surface area contributed by atoms with Crippen molar-refractivity contribution in [3.05, 3.63) is 50.2 Å². The smallest absolute Gasteiger partial charge is 0.330 e. The largest absolute Gasteiger partial charge is 0.493 e. The van der Waals surface area contributed by atoms with Gasteiger partial charge in [0.1, 0.15) is 11.6 Å². The van der Waals surface area contributed by atoms with Gasteiger partial charge in [0, 0.05) is 26.8 Å². The van der Waals surface area contributed by atoms with Gasteiger partial charge in [-0.05, 0) is 37.8 Å². The highest BCUT2D eigenvalue weighted by molar-refractivity contribution is 5.95. The first-order valence-electron chi connectivity index (χ1n) is 10.8. The fourth-order valence-corrected chi connectivity index (χ4v) is 3.46. The number of carbonyl (C=O) groups excluding carboxylic acids is 1. The van der Waals surface area contributed by atoms with E-state index < -0.39 is 11.2 Å². The van der Waals surface area contributed by atoms with Crippen molar-refractivity contribution in [3.63, 3.8) is 0 Å². The fraction of sp³-hybridized carbons (Fsp3) is 0.522. The number of hydrogen-bond acceptors (Lipinski definition) is 6. The van der Waals surface area contributed by atoms with Gasteiger partial charge < -0.3 is 20.1 Å². The quantitative estimate of drug-likeness (QED) is 0.511. The number of hydrogen-bond donors (Lipinski definition) is 2. The van der Waals surface area contributed by atoms with E-state index >= 15 is 0 Å². The average Bonchev–Trinajstić information content (AvgIpc) is 2.71. The Bertz CT molecular complexity index is 1040. The maximum absolute atomic E-state index is 13.1. The molecule has 176 valence electrons. The number of rotatable bonds is 11. The van der Waals surface area contributed by atoms with Crippen LogP contribution in [0.15, 0.2) is 27.8 Å². The van der Waals surface area contributed by atoms with Crippen LogP contribution in [-0.2, 0) is 16.1 Å². The van der Waals surface area contributed by atoms with E-state index in [1.165, 1.54) is 9.47 Å². The van der Waals surface area contributed by atoms with E-state index in [4.69, 9.17) is 15.2 Å². The number of aryl methyl sites for hydroxylation is 2. The Morgan fingerprint density at radius 2 is 1.94 bits per heavy atom. The summed E-state index contributed by atoms with van der Waals surface area (Å²) >= 11 is 0. The molecule has 32 heavy (non-hydrogen) atoms. The van der Waals surface area contributed by atoms with Gasteiger partial charge in [-0.2, -0.15) is 0 Å². The Kier molecular flexibility index (Phi) is 9.07. The van der Waals surface area contributed by atoms with Crippen molar-refractivity contribution in [1.82, 2.24) is 9.55 Å². The van der Waals surface area contributed by atoms with E-state index in [-0.39, 0.29) is 42.9 Å². The summed E-state index contributed by atoms with van der Waals surface area (Å²) in [7, 11) is 1.56. The van der Waals surface area contributed by atoms with Crippen LogP contribution >= 0.6 is 0 Å². The van der Waals surface area contributed by atoms with Crippen molar-refractivity contribution in [2.45, 2.75) is 47.1 Å². The number of anilines is 2. The Morgan fingerprint density at radius 3 is 2.56 bits per heavy atom. The van der Waals surface area contributed by atoms with E-state index in [0.717, 1.165) is 11.1 Å². The van der Waals surface area contributed by atoms with Crippen LogP contribution in [0, 0.1) is 19.8 Å². The molecule has 9 nitrogen and oxygen atoms in total. The van der Waals surface area contributed by atoms with Gasteiger partial charge in [0.2, 0.25) is 5.91 Å². The molecule has 0 aliphatic carbocycles. The molecule has 0 fully saturated rings. The second-order valence-corrected chi connectivity index (χ2v) is 8.26. The number of carbonyl (C=O) groups is 1. The summed E-state index contributed by atoms with van der Waals surface area (Å²) < 4.78 is 12.2. The summed E-state index contributed by atoms with van der Waals surface area (Å²) in [6.45, 7) is 8.91. The molecule has 0 spiro atoms. The van der Waals surface area contributed by atoms with Crippen molar-refractivity contribution in [2.75, 3.05) is 37.5 Å². The van der Waals surface area contributed by atoms with Crippen LogP contribution in [0.5, 0.6) is 5.75 Å². The zero-order valence-electron chi connectivity index (χ0n) is 19.6. The van der Waals surface area contributed by atoms with Crippen molar-refractivity contribution >= 4 is 17.4 Å². The Balaban J connectivity index is 2.28. The van der Waals surface area contributed by atoms with E-state index in [1.807, 2.05) is 45.9 Å². The first-order valence-corrected chi connectivity index (χ1v) is 10.8. The number of nitrogens with two attached hydrogens (primary N) is 1. The number of nitrogen functional groups attached to an aromatic ring is 1. The minimum atomic E-state index is -0.687. The molecule has 1 aromatic heterocycles. The van der Waals surface area contributed by atoms with E-state index in [1.54, 1.807) is 7.11 Å². The molecule has 1 heterocycles. The molecule has 0 unspecified atom stereocenters.